The summed E-state index contributed by atoms with van der Waals surface area (Å²) in [5.41, 5.74) is 2.71. The van der Waals surface area contributed by atoms with Gasteiger partial charge in [0.15, 0.2) is 5.16 Å². The number of hydrogen-bond donors (Lipinski definition) is 2. The number of anilines is 1. The topological polar surface area (TPSA) is 92.2 Å². The molecule has 28 heavy (non-hydrogen) atoms. The molecule has 0 aliphatic rings. The summed E-state index contributed by atoms with van der Waals surface area (Å²) in [6.45, 7) is 4.22. The van der Waals surface area contributed by atoms with Crippen LogP contribution in [-0.4, -0.2) is 31.2 Å². The van der Waals surface area contributed by atoms with Crippen LogP contribution in [0.5, 0.6) is 0 Å². The largest absolute Gasteiger partial charge is 0.325 e. The van der Waals surface area contributed by atoms with Gasteiger partial charge in [-0.2, -0.15) is 0 Å². The molecule has 1 amide bonds. The van der Waals surface area contributed by atoms with Crippen molar-refractivity contribution in [3.8, 4) is 0 Å². The lowest BCUT2D eigenvalue weighted by molar-refractivity contribution is -0.113. The minimum atomic E-state index is -0.194. The molecule has 3 aromatic rings. The summed E-state index contributed by atoms with van der Waals surface area (Å²) in [5, 5.41) is 11.7. The lowest BCUT2D eigenvalue weighted by atomic mass is 10.1. The number of nitrogens with one attached hydrogen (secondary N) is 2. The molecular formula is C20H25N5O2S. The summed E-state index contributed by atoms with van der Waals surface area (Å²) in [6, 6.07) is 9.54. The average molecular weight is 400 g/mol. The second-order valence-electron chi connectivity index (χ2n) is 6.65. The lowest BCUT2D eigenvalue weighted by Crippen LogP contribution is -2.15. The van der Waals surface area contributed by atoms with Crippen molar-refractivity contribution in [2.75, 3.05) is 11.1 Å². The molecule has 8 heteroatoms. The highest BCUT2D eigenvalue weighted by Crippen LogP contribution is 2.19. The second kappa shape index (κ2) is 9.54. The number of nitrogens with zero attached hydrogens (tertiary/aromatic N) is 3. The first-order valence-electron chi connectivity index (χ1n) is 9.59. The van der Waals surface area contributed by atoms with Crippen molar-refractivity contribution in [3.05, 3.63) is 51.9 Å². The highest BCUT2D eigenvalue weighted by Gasteiger charge is 2.13. The Hall–Kier alpha value is -2.61. The number of fused-ring (bicyclic) bond motifs is 1. The van der Waals surface area contributed by atoms with Gasteiger partial charge in [-0.15, -0.1) is 10.2 Å². The molecule has 0 saturated carbocycles. The molecule has 2 aromatic heterocycles. The number of unbranched alkanes of at least 4 members (excludes halogenated alkanes) is 1. The van der Waals surface area contributed by atoms with Crippen molar-refractivity contribution in [1.82, 2.24) is 19.6 Å². The number of rotatable bonds is 9. The molecule has 0 saturated heterocycles. The van der Waals surface area contributed by atoms with Crippen LogP contribution in [-0.2, 0) is 17.6 Å². The van der Waals surface area contributed by atoms with Gasteiger partial charge in [0.05, 0.1) is 5.75 Å². The van der Waals surface area contributed by atoms with Crippen LogP contribution >= 0.6 is 11.8 Å². The van der Waals surface area contributed by atoms with E-state index in [-0.39, 0.29) is 17.2 Å². The van der Waals surface area contributed by atoms with E-state index >= 15 is 0 Å². The molecule has 0 spiro atoms. The first-order chi connectivity index (χ1) is 13.6. The Bertz CT molecular complexity index is 994. The first-order valence-corrected chi connectivity index (χ1v) is 10.6. The summed E-state index contributed by atoms with van der Waals surface area (Å²) in [7, 11) is 0. The highest BCUT2D eigenvalue weighted by molar-refractivity contribution is 7.99. The molecule has 7 nitrogen and oxygen atoms in total. The predicted octanol–water partition coefficient (Wildman–Crippen LogP) is 3.44. The number of benzene rings is 1. The predicted molar refractivity (Wildman–Crippen MR) is 112 cm³/mol. The van der Waals surface area contributed by atoms with Gasteiger partial charge in [0.1, 0.15) is 0 Å². The van der Waals surface area contributed by atoms with E-state index in [9.17, 15) is 9.59 Å². The van der Waals surface area contributed by atoms with Crippen LogP contribution in [0.3, 0.4) is 0 Å². The van der Waals surface area contributed by atoms with Crippen LogP contribution in [0.1, 0.15) is 44.4 Å². The van der Waals surface area contributed by atoms with E-state index in [0.717, 1.165) is 30.6 Å². The summed E-state index contributed by atoms with van der Waals surface area (Å²) in [5.74, 6) is 0.509. The van der Waals surface area contributed by atoms with Crippen LogP contribution in [0.25, 0.3) is 5.78 Å². The molecule has 148 valence electrons. The molecule has 0 aliphatic carbocycles. The molecule has 0 unspecified atom stereocenters. The number of aryl methyl sites for hydroxylation is 2. The van der Waals surface area contributed by atoms with Crippen LogP contribution in [0.4, 0.5) is 5.69 Å². The Morgan fingerprint density at radius 2 is 1.93 bits per heavy atom. The van der Waals surface area contributed by atoms with E-state index in [1.807, 2.05) is 23.5 Å². The monoisotopic (exact) mass is 399 g/mol. The summed E-state index contributed by atoms with van der Waals surface area (Å²) in [6.07, 6.45) is 5.03. The maximum Gasteiger partial charge on any atom is 0.252 e. The van der Waals surface area contributed by atoms with Gasteiger partial charge in [-0.1, -0.05) is 50.6 Å². The third kappa shape index (κ3) is 5.01. The molecule has 2 N–H and O–H groups in total. The fraction of sp³-hybridized carbons (Fsp3) is 0.400. The zero-order valence-electron chi connectivity index (χ0n) is 16.2. The van der Waals surface area contributed by atoms with Gasteiger partial charge in [0.2, 0.25) is 11.7 Å². The van der Waals surface area contributed by atoms with Gasteiger partial charge in [0.25, 0.3) is 5.56 Å². The van der Waals surface area contributed by atoms with Gasteiger partial charge >= 0.3 is 0 Å². The number of carbonyl (C=O) groups is 1. The average Bonchev–Trinajstić information content (AvgIpc) is 3.09. The standard InChI is InChI=1S/C20H25N5O2S/c1-3-5-7-14-8-10-15(11-9-14)21-18(27)13-28-20-24-23-19-22-17(26)12-16(6-4-2)25(19)20/h8-12H,3-7,13H2,1-2H3,(H,21,27)(H,22,23,26). The molecular weight excluding hydrogens is 374 g/mol. The molecule has 0 atom stereocenters. The SMILES string of the molecule is CCCCc1ccc(NC(=O)CSc2nnc3[nH]c(=O)cc(CCC)n23)cc1. The Labute approximate surface area is 168 Å². The van der Waals surface area contributed by atoms with Crippen LogP contribution in [0, 0.1) is 0 Å². The van der Waals surface area contributed by atoms with E-state index in [0.29, 0.717) is 10.9 Å². The van der Waals surface area contributed by atoms with Crippen molar-refractivity contribution in [2.24, 2.45) is 0 Å². The summed E-state index contributed by atoms with van der Waals surface area (Å²) >= 11 is 1.30. The Kier molecular flexibility index (Phi) is 6.86. The molecule has 0 fully saturated rings. The van der Waals surface area contributed by atoms with Crippen molar-refractivity contribution in [3.63, 3.8) is 0 Å². The minimum absolute atomic E-state index is 0.107. The Morgan fingerprint density at radius 3 is 2.64 bits per heavy atom. The normalized spacial score (nSPS) is 11.1. The molecule has 2 heterocycles. The molecule has 0 aliphatic heterocycles. The molecule has 3 rings (SSSR count). The van der Waals surface area contributed by atoms with Crippen LogP contribution in [0.2, 0.25) is 0 Å². The van der Waals surface area contributed by atoms with E-state index < -0.39 is 0 Å². The fourth-order valence-electron chi connectivity index (χ4n) is 2.97. The minimum Gasteiger partial charge on any atom is -0.325 e. The number of aromatic nitrogens is 4. The summed E-state index contributed by atoms with van der Waals surface area (Å²) < 4.78 is 1.81. The van der Waals surface area contributed by atoms with Gasteiger partial charge < -0.3 is 5.32 Å². The van der Waals surface area contributed by atoms with Gasteiger partial charge in [0, 0.05) is 17.4 Å². The number of carbonyl (C=O) groups excluding carboxylic acids is 1. The first kappa shape index (κ1) is 20.1. The number of thioether (sulfide) groups is 1. The van der Waals surface area contributed by atoms with Crippen molar-refractivity contribution in [2.45, 2.75) is 51.1 Å². The zero-order chi connectivity index (χ0) is 19.9. The fourth-order valence-corrected chi connectivity index (χ4v) is 3.73. The number of amides is 1. The Morgan fingerprint density at radius 1 is 1.14 bits per heavy atom. The number of hydrogen-bond acceptors (Lipinski definition) is 5. The van der Waals surface area contributed by atoms with Crippen molar-refractivity contribution in [1.29, 1.82) is 0 Å². The van der Waals surface area contributed by atoms with Crippen LogP contribution < -0.4 is 10.9 Å². The molecule has 1 aromatic carbocycles. The quantitative estimate of drug-likeness (QED) is 0.538. The third-order valence-corrected chi connectivity index (χ3v) is 5.28. The number of aromatic amines is 1. The van der Waals surface area contributed by atoms with Crippen molar-refractivity contribution >= 4 is 29.1 Å². The maximum atomic E-state index is 12.3. The van der Waals surface area contributed by atoms with E-state index in [4.69, 9.17) is 0 Å². The van der Waals surface area contributed by atoms with E-state index in [1.165, 1.54) is 30.2 Å². The van der Waals surface area contributed by atoms with E-state index in [2.05, 4.69) is 39.6 Å². The summed E-state index contributed by atoms with van der Waals surface area (Å²) in [4.78, 5) is 26.7. The Balaban J connectivity index is 1.64. The zero-order valence-corrected chi connectivity index (χ0v) is 17.0. The van der Waals surface area contributed by atoms with Crippen LogP contribution in [0.15, 0.2) is 40.3 Å². The molecule has 0 radical (unpaired) electrons. The number of H-pyrrole nitrogens is 1. The van der Waals surface area contributed by atoms with Crippen molar-refractivity contribution < 1.29 is 4.79 Å². The molecule has 0 bridgehead atoms. The van der Waals surface area contributed by atoms with Gasteiger partial charge in [-0.3, -0.25) is 19.0 Å². The van der Waals surface area contributed by atoms with E-state index in [1.54, 1.807) is 6.07 Å². The third-order valence-electron chi connectivity index (χ3n) is 4.35. The maximum absolute atomic E-state index is 12.3. The smallest absolute Gasteiger partial charge is 0.252 e. The lowest BCUT2D eigenvalue weighted by Gasteiger charge is -2.07. The second-order valence-corrected chi connectivity index (χ2v) is 7.60. The van der Waals surface area contributed by atoms with Gasteiger partial charge in [-0.25, -0.2) is 0 Å². The highest BCUT2D eigenvalue weighted by atomic mass is 32.2. The van der Waals surface area contributed by atoms with Gasteiger partial charge in [-0.05, 0) is 37.0 Å².